The van der Waals surface area contributed by atoms with Crippen molar-refractivity contribution in [2.75, 3.05) is 0 Å². The molecule has 0 aliphatic heterocycles. The van der Waals surface area contributed by atoms with E-state index in [0.29, 0.717) is 19.4 Å². The number of carboxylic acids is 1. The zero-order valence-corrected chi connectivity index (χ0v) is 10.2. The number of carbonyl (C=O) groups excluding carboxylic acids is 1. The molecule has 18 heavy (non-hydrogen) atoms. The van der Waals surface area contributed by atoms with Gasteiger partial charge in [0.05, 0.1) is 24.1 Å². The van der Waals surface area contributed by atoms with E-state index in [9.17, 15) is 9.59 Å². The van der Waals surface area contributed by atoms with Crippen LogP contribution >= 0.6 is 0 Å². The number of aromatic nitrogens is 2. The van der Waals surface area contributed by atoms with Crippen molar-refractivity contribution >= 4 is 11.9 Å². The van der Waals surface area contributed by atoms with Gasteiger partial charge in [-0.3, -0.25) is 14.7 Å². The molecule has 98 valence electrons. The van der Waals surface area contributed by atoms with Crippen LogP contribution in [0.25, 0.3) is 0 Å². The fourth-order valence-electron chi connectivity index (χ4n) is 2.55. The molecule has 3 N–H and O–H groups in total. The number of rotatable bonds is 4. The smallest absolute Gasteiger partial charge is 0.307 e. The second kappa shape index (κ2) is 5.20. The van der Waals surface area contributed by atoms with E-state index in [0.717, 1.165) is 5.69 Å². The Morgan fingerprint density at radius 2 is 2.22 bits per heavy atom. The molecule has 6 heteroatoms. The number of aromatic amines is 1. The molecule has 0 bridgehead atoms. The van der Waals surface area contributed by atoms with Gasteiger partial charge in [0, 0.05) is 6.20 Å². The Morgan fingerprint density at radius 1 is 1.50 bits per heavy atom. The minimum atomic E-state index is -0.874. The summed E-state index contributed by atoms with van der Waals surface area (Å²) >= 11 is 0. The van der Waals surface area contributed by atoms with E-state index in [-0.39, 0.29) is 11.8 Å². The van der Waals surface area contributed by atoms with Gasteiger partial charge in [-0.2, -0.15) is 5.10 Å². The number of amides is 1. The number of nitrogens with one attached hydrogen (secondary N) is 2. The van der Waals surface area contributed by atoms with Crippen LogP contribution in [0.15, 0.2) is 12.3 Å². The summed E-state index contributed by atoms with van der Waals surface area (Å²) in [5.41, 5.74) is 0.807. The Morgan fingerprint density at radius 3 is 2.83 bits per heavy atom. The van der Waals surface area contributed by atoms with Crippen molar-refractivity contribution in [1.29, 1.82) is 0 Å². The molecule has 1 fully saturated rings. The first-order valence-corrected chi connectivity index (χ1v) is 6.06. The highest BCUT2D eigenvalue weighted by molar-refractivity contribution is 5.85. The Hall–Kier alpha value is -1.85. The lowest BCUT2D eigenvalue weighted by molar-refractivity contribution is -0.146. The largest absolute Gasteiger partial charge is 0.481 e. The highest BCUT2D eigenvalue weighted by atomic mass is 16.4. The molecule has 6 nitrogen and oxygen atoms in total. The lowest BCUT2D eigenvalue weighted by Gasteiger charge is -2.15. The zero-order valence-electron chi connectivity index (χ0n) is 10.2. The molecule has 2 rings (SSSR count). The minimum absolute atomic E-state index is 0.179. The molecule has 1 amide bonds. The molecule has 1 aliphatic rings. The number of carboxylic acid groups (broad SMARTS) is 1. The lowest BCUT2D eigenvalue weighted by atomic mass is 9.95. The first-order chi connectivity index (χ1) is 8.58. The van der Waals surface area contributed by atoms with Crippen LogP contribution in [0.2, 0.25) is 0 Å². The molecule has 0 radical (unpaired) electrons. The number of H-pyrrole nitrogens is 1. The third kappa shape index (κ3) is 2.69. The number of hydrogen-bond acceptors (Lipinski definition) is 3. The van der Waals surface area contributed by atoms with E-state index in [4.69, 9.17) is 5.11 Å². The van der Waals surface area contributed by atoms with Gasteiger partial charge in [-0.25, -0.2) is 0 Å². The van der Waals surface area contributed by atoms with Crippen molar-refractivity contribution in [1.82, 2.24) is 15.5 Å². The highest BCUT2D eigenvalue weighted by Gasteiger charge is 2.40. The Balaban J connectivity index is 1.93. The molecule has 1 aromatic heterocycles. The van der Waals surface area contributed by atoms with Crippen LogP contribution in [0, 0.1) is 17.8 Å². The van der Waals surface area contributed by atoms with Gasteiger partial charge >= 0.3 is 5.97 Å². The Kier molecular flexibility index (Phi) is 3.64. The fourth-order valence-corrected chi connectivity index (χ4v) is 2.55. The van der Waals surface area contributed by atoms with Crippen LogP contribution in [0.3, 0.4) is 0 Å². The van der Waals surface area contributed by atoms with Gasteiger partial charge in [-0.15, -0.1) is 0 Å². The van der Waals surface area contributed by atoms with Gasteiger partial charge < -0.3 is 10.4 Å². The average Bonchev–Trinajstić information content (AvgIpc) is 2.94. The summed E-state index contributed by atoms with van der Waals surface area (Å²) in [7, 11) is 0. The monoisotopic (exact) mass is 251 g/mol. The summed E-state index contributed by atoms with van der Waals surface area (Å²) in [5.74, 6) is -1.74. The minimum Gasteiger partial charge on any atom is -0.481 e. The number of hydrogen-bond donors (Lipinski definition) is 3. The maximum absolute atomic E-state index is 12.0. The third-order valence-corrected chi connectivity index (χ3v) is 3.46. The molecular formula is C12H17N3O3. The van der Waals surface area contributed by atoms with E-state index in [1.165, 1.54) is 0 Å². The molecule has 1 aromatic rings. The second-order valence-corrected chi connectivity index (χ2v) is 4.93. The molecule has 0 spiro atoms. The van der Waals surface area contributed by atoms with Crippen LogP contribution in [-0.4, -0.2) is 27.2 Å². The van der Waals surface area contributed by atoms with Crippen molar-refractivity contribution in [3.63, 3.8) is 0 Å². The van der Waals surface area contributed by atoms with Crippen molar-refractivity contribution in [2.45, 2.75) is 26.3 Å². The van der Waals surface area contributed by atoms with E-state index >= 15 is 0 Å². The van der Waals surface area contributed by atoms with E-state index in [1.807, 2.05) is 6.92 Å². The quantitative estimate of drug-likeness (QED) is 0.736. The van der Waals surface area contributed by atoms with Crippen molar-refractivity contribution in [3.05, 3.63) is 18.0 Å². The predicted molar refractivity (Wildman–Crippen MR) is 63.4 cm³/mol. The van der Waals surface area contributed by atoms with Crippen molar-refractivity contribution in [3.8, 4) is 0 Å². The zero-order chi connectivity index (χ0) is 13.1. The third-order valence-electron chi connectivity index (χ3n) is 3.46. The van der Waals surface area contributed by atoms with Crippen LogP contribution in [0.5, 0.6) is 0 Å². The molecular weight excluding hydrogens is 234 g/mol. The summed E-state index contributed by atoms with van der Waals surface area (Å²) in [6.07, 6.45) is 2.84. The standard InChI is InChI=1S/C12H17N3O3/c1-7-4-9(10(5-7)12(17)18)11(16)13-6-8-2-3-14-15-8/h2-3,7,9-10H,4-6H2,1H3,(H,13,16)(H,14,15)(H,17,18)/t7?,9-,10+/m0/s1. The van der Waals surface area contributed by atoms with E-state index in [1.54, 1.807) is 12.3 Å². The van der Waals surface area contributed by atoms with E-state index < -0.39 is 17.8 Å². The first-order valence-electron chi connectivity index (χ1n) is 6.06. The molecule has 1 aliphatic carbocycles. The SMILES string of the molecule is CC1C[C@H](C(=O)NCc2ccn[nH]2)[C@H](C(=O)O)C1. The normalized spacial score (nSPS) is 27.1. The van der Waals surface area contributed by atoms with Crippen LogP contribution < -0.4 is 5.32 Å². The number of carbonyl (C=O) groups is 2. The van der Waals surface area contributed by atoms with Crippen LogP contribution in [-0.2, 0) is 16.1 Å². The first kappa shape index (κ1) is 12.6. The topological polar surface area (TPSA) is 95.1 Å². The molecule has 1 unspecified atom stereocenters. The van der Waals surface area contributed by atoms with Gasteiger partial charge in [-0.1, -0.05) is 6.92 Å². The molecule has 1 saturated carbocycles. The molecule has 3 atom stereocenters. The molecule has 0 saturated heterocycles. The van der Waals surface area contributed by atoms with Gasteiger partial charge in [-0.05, 0) is 24.8 Å². The summed E-state index contributed by atoms with van der Waals surface area (Å²) in [4.78, 5) is 23.1. The summed E-state index contributed by atoms with van der Waals surface area (Å²) < 4.78 is 0. The van der Waals surface area contributed by atoms with Crippen LogP contribution in [0.1, 0.15) is 25.5 Å². The molecule has 1 heterocycles. The average molecular weight is 251 g/mol. The van der Waals surface area contributed by atoms with Crippen molar-refractivity contribution in [2.24, 2.45) is 17.8 Å². The Labute approximate surface area is 105 Å². The Bertz CT molecular complexity index is 430. The molecule has 0 aromatic carbocycles. The fraction of sp³-hybridized carbons (Fsp3) is 0.583. The van der Waals surface area contributed by atoms with Gasteiger partial charge in [0.15, 0.2) is 0 Å². The lowest BCUT2D eigenvalue weighted by Crippen LogP contribution is -2.35. The van der Waals surface area contributed by atoms with E-state index in [2.05, 4.69) is 15.5 Å². The summed E-state index contributed by atoms with van der Waals surface area (Å²) in [6, 6.07) is 1.77. The maximum atomic E-state index is 12.0. The predicted octanol–water partition coefficient (Wildman–Crippen LogP) is 0.773. The highest BCUT2D eigenvalue weighted by Crippen LogP contribution is 2.36. The summed E-state index contributed by atoms with van der Waals surface area (Å²) in [5, 5.41) is 18.4. The van der Waals surface area contributed by atoms with Gasteiger partial charge in [0.2, 0.25) is 5.91 Å². The van der Waals surface area contributed by atoms with Crippen LogP contribution in [0.4, 0.5) is 0 Å². The summed E-state index contributed by atoms with van der Waals surface area (Å²) in [6.45, 7) is 2.34. The second-order valence-electron chi connectivity index (χ2n) is 4.93. The van der Waals surface area contributed by atoms with Crippen molar-refractivity contribution < 1.29 is 14.7 Å². The number of nitrogens with zero attached hydrogens (tertiary/aromatic N) is 1. The maximum Gasteiger partial charge on any atom is 0.307 e. The van der Waals surface area contributed by atoms with Gasteiger partial charge in [0.25, 0.3) is 0 Å². The van der Waals surface area contributed by atoms with Gasteiger partial charge in [0.1, 0.15) is 0 Å². The number of aliphatic carboxylic acids is 1.